The monoisotopic (exact) mass is 234 g/mol. The number of H-pyrrole nitrogens is 1. The molecule has 0 aliphatic heterocycles. The molecule has 2 aromatic rings. The quantitative estimate of drug-likeness (QED) is 0.829. The van der Waals surface area contributed by atoms with Crippen LogP contribution in [0, 0.1) is 4.77 Å². The van der Waals surface area contributed by atoms with Crippen LogP contribution in [0.3, 0.4) is 0 Å². The number of benzene rings is 1. The lowest BCUT2D eigenvalue weighted by molar-refractivity contribution is 0.412. The molecule has 16 heavy (non-hydrogen) atoms. The van der Waals surface area contributed by atoms with E-state index in [2.05, 4.69) is 9.97 Å². The van der Waals surface area contributed by atoms with Gasteiger partial charge in [0.05, 0.1) is 13.3 Å². The molecule has 1 aromatic carbocycles. The molecular weight excluding hydrogens is 224 g/mol. The van der Waals surface area contributed by atoms with Crippen molar-refractivity contribution in [3.8, 4) is 17.2 Å². The van der Waals surface area contributed by atoms with Crippen molar-refractivity contribution < 1.29 is 9.47 Å². The standard InChI is InChI=1S/C11H10N2O2S/c1-14-8-2-4-9(5-3-8)15-10-6-12-11(16)13-7-10/h2-7H,1H3,(H,12,13,16). The summed E-state index contributed by atoms with van der Waals surface area (Å²) in [5, 5.41) is 0. The Morgan fingerprint density at radius 2 is 1.81 bits per heavy atom. The Hall–Kier alpha value is -1.88. The Labute approximate surface area is 97.9 Å². The van der Waals surface area contributed by atoms with E-state index in [0.717, 1.165) is 5.75 Å². The van der Waals surface area contributed by atoms with Crippen LogP contribution in [0.5, 0.6) is 17.2 Å². The van der Waals surface area contributed by atoms with Gasteiger partial charge >= 0.3 is 0 Å². The summed E-state index contributed by atoms with van der Waals surface area (Å²) >= 11 is 4.83. The van der Waals surface area contributed by atoms with Crippen molar-refractivity contribution >= 4 is 12.2 Å². The highest BCUT2D eigenvalue weighted by Crippen LogP contribution is 2.22. The molecule has 4 nitrogen and oxygen atoms in total. The van der Waals surface area contributed by atoms with Gasteiger partial charge in [-0.1, -0.05) is 0 Å². The molecule has 1 aromatic heterocycles. The second kappa shape index (κ2) is 4.76. The first-order valence-corrected chi connectivity index (χ1v) is 5.05. The van der Waals surface area contributed by atoms with E-state index in [4.69, 9.17) is 21.7 Å². The summed E-state index contributed by atoms with van der Waals surface area (Å²) < 4.78 is 11.0. The van der Waals surface area contributed by atoms with Crippen molar-refractivity contribution in [3.05, 3.63) is 41.4 Å². The highest BCUT2D eigenvalue weighted by Gasteiger charge is 1.97. The zero-order valence-electron chi connectivity index (χ0n) is 8.64. The Kier molecular flexibility index (Phi) is 3.16. The average molecular weight is 234 g/mol. The first-order valence-electron chi connectivity index (χ1n) is 4.64. The number of aromatic nitrogens is 2. The zero-order valence-corrected chi connectivity index (χ0v) is 9.45. The van der Waals surface area contributed by atoms with Gasteiger partial charge in [0.15, 0.2) is 10.5 Å². The lowest BCUT2D eigenvalue weighted by Crippen LogP contribution is -1.88. The van der Waals surface area contributed by atoms with Crippen LogP contribution in [0.1, 0.15) is 0 Å². The first kappa shape index (κ1) is 10.6. The maximum atomic E-state index is 5.54. The lowest BCUT2D eigenvalue weighted by Gasteiger charge is -2.05. The number of nitrogens with zero attached hydrogens (tertiary/aromatic N) is 1. The third kappa shape index (κ3) is 2.58. The summed E-state index contributed by atoms with van der Waals surface area (Å²) in [6.45, 7) is 0. The zero-order chi connectivity index (χ0) is 11.4. The fourth-order valence-corrected chi connectivity index (χ4v) is 1.28. The number of rotatable bonds is 3. The van der Waals surface area contributed by atoms with Crippen LogP contribution >= 0.6 is 12.2 Å². The van der Waals surface area contributed by atoms with Crippen LogP contribution in [-0.4, -0.2) is 17.1 Å². The summed E-state index contributed by atoms with van der Waals surface area (Å²) in [4.78, 5) is 6.72. The van der Waals surface area contributed by atoms with Gasteiger partial charge in [-0.3, -0.25) is 0 Å². The van der Waals surface area contributed by atoms with Crippen molar-refractivity contribution in [1.29, 1.82) is 0 Å². The van der Waals surface area contributed by atoms with Gasteiger partial charge in [0, 0.05) is 6.20 Å². The van der Waals surface area contributed by atoms with E-state index in [0.29, 0.717) is 16.3 Å². The molecule has 1 heterocycles. The summed E-state index contributed by atoms with van der Waals surface area (Å²) in [7, 11) is 1.62. The second-order valence-electron chi connectivity index (χ2n) is 3.03. The molecule has 0 amide bonds. The normalized spacial score (nSPS) is 9.81. The van der Waals surface area contributed by atoms with Crippen LogP contribution in [0.15, 0.2) is 36.7 Å². The highest BCUT2D eigenvalue weighted by atomic mass is 32.1. The molecule has 0 saturated carbocycles. The van der Waals surface area contributed by atoms with Gasteiger partial charge in [0.25, 0.3) is 0 Å². The van der Waals surface area contributed by atoms with E-state index in [1.807, 2.05) is 24.3 Å². The number of hydrogen-bond acceptors (Lipinski definition) is 4. The molecular formula is C11H10N2O2S. The maximum absolute atomic E-state index is 5.54. The number of aromatic amines is 1. The molecule has 0 saturated heterocycles. The van der Waals surface area contributed by atoms with Crippen LogP contribution < -0.4 is 9.47 Å². The molecule has 0 fully saturated rings. The van der Waals surface area contributed by atoms with E-state index in [1.165, 1.54) is 0 Å². The Morgan fingerprint density at radius 1 is 1.12 bits per heavy atom. The number of hydrogen-bond donors (Lipinski definition) is 1. The fraction of sp³-hybridized carbons (Fsp3) is 0.0909. The molecule has 0 spiro atoms. The molecule has 5 heteroatoms. The minimum absolute atomic E-state index is 0.432. The Balaban J connectivity index is 2.14. The van der Waals surface area contributed by atoms with E-state index < -0.39 is 0 Å². The van der Waals surface area contributed by atoms with Gasteiger partial charge in [0.2, 0.25) is 0 Å². The van der Waals surface area contributed by atoms with Gasteiger partial charge in [0.1, 0.15) is 11.5 Å². The summed E-state index contributed by atoms with van der Waals surface area (Å²) in [5.41, 5.74) is 0. The van der Waals surface area contributed by atoms with E-state index in [9.17, 15) is 0 Å². The highest BCUT2D eigenvalue weighted by molar-refractivity contribution is 7.71. The van der Waals surface area contributed by atoms with Gasteiger partial charge in [-0.25, -0.2) is 4.98 Å². The van der Waals surface area contributed by atoms with Crippen LogP contribution in [0.25, 0.3) is 0 Å². The topological polar surface area (TPSA) is 47.1 Å². The van der Waals surface area contributed by atoms with Crippen LogP contribution in [0.2, 0.25) is 0 Å². The molecule has 1 N–H and O–H groups in total. The Morgan fingerprint density at radius 3 is 2.38 bits per heavy atom. The third-order valence-electron chi connectivity index (χ3n) is 1.94. The van der Waals surface area contributed by atoms with E-state index >= 15 is 0 Å². The average Bonchev–Trinajstić information content (AvgIpc) is 2.33. The smallest absolute Gasteiger partial charge is 0.196 e. The van der Waals surface area contributed by atoms with Crippen molar-refractivity contribution in [2.75, 3.05) is 7.11 Å². The molecule has 0 aliphatic carbocycles. The van der Waals surface area contributed by atoms with Gasteiger partial charge < -0.3 is 14.5 Å². The van der Waals surface area contributed by atoms with E-state index in [1.54, 1.807) is 19.5 Å². The maximum Gasteiger partial charge on any atom is 0.196 e. The summed E-state index contributed by atoms with van der Waals surface area (Å²) in [6, 6.07) is 7.29. The van der Waals surface area contributed by atoms with Crippen molar-refractivity contribution in [1.82, 2.24) is 9.97 Å². The Bertz CT molecular complexity index is 502. The molecule has 0 aliphatic rings. The van der Waals surface area contributed by atoms with Crippen LogP contribution in [-0.2, 0) is 0 Å². The molecule has 0 atom stereocenters. The second-order valence-corrected chi connectivity index (χ2v) is 3.42. The third-order valence-corrected chi connectivity index (χ3v) is 2.17. The SMILES string of the molecule is COc1ccc(Oc2cnc(=S)[nH]c2)cc1. The fourth-order valence-electron chi connectivity index (χ4n) is 1.17. The predicted molar refractivity (Wildman–Crippen MR) is 62.5 cm³/mol. The van der Waals surface area contributed by atoms with Gasteiger partial charge in [-0.15, -0.1) is 0 Å². The van der Waals surface area contributed by atoms with Crippen molar-refractivity contribution in [3.63, 3.8) is 0 Å². The van der Waals surface area contributed by atoms with E-state index in [-0.39, 0.29) is 0 Å². The molecule has 2 rings (SSSR count). The summed E-state index contributed by atoms with van der Waals surface area (Å²) in [5.74, 6) is 2.12. The number of methoxy groups -OCH3 is 1. The minimum atomic E-state index is 0.432. The van der Waals surface area contributed by atoms with Crippen molar-refractivity contribution in [2.45, 2.75) is 0 Å². The molecule has 0 unspecified atom stereocenters. The summed E-state index contributed by atoms with van der Waals surface area (Å²) in [6.07, 6.45) is 3.24. The van der Waals surface area contributed by atoms with Gasteiger partial charge in [-0.05, 0) is 36.5 Å². The lowest BCUT2D eigenvalue weighted by atomic mass is 10.3. The van der Waals surface area contributed by atoms with Crippen LogP contribution in [0.4, 0.5) is 0 Å². The largest absolute Gasteiger partial charge is 0.497 e. The molecule has 82 valence electrons. The molecule has 0 bridgehead atoms. The minimum Gasteiger partial charge on any atom is -0.497 e. The predicted octanol–water partition coefficient (Wildman–Crippen LogP) is 2.94. The number of nitrogens with one attached hydrogen (secondary N) is 1. The molecule has 0 radical (unpaired) electrons. The van der Waals surface area contributed by atoms with Crippen molar-refractivity contribution in [2.24, 2.45) is 0 Å². The van der Waals surface area contributed by atoms with Gasteiger partial charge in [-0.2, -0.15) is 0 Å². The number of ether oxygens (including phenoxy) is 2. The first-order chi connectivity index (χ1) is 7.78.